The molecule has 4 unspecified atom stereocenters. The number of aliphatic hydroxyl groups excluding tert-OH is 1. The highest BCUT2D eigenvalue weighted by molar-refractivity contribution is 5.57. The van der Waals surface area contributed by atoms with Gasteiger partial charge in [0.1, 0.15) is 12.9 Å². The van der Waals surface area contributed by atoms with Crippen molar-refractivity contribution < 1.29 is 29.2 Å². The highest BCUT2D eigenvalue weighted by Gasteiger charge is 2.34. The minimum Gasteiger partial charge on any atom is -0.450 e. The lowest BCUT2D eigenvalue weighted by Gasteiger charge is -2.24. The van der Waals surface area contributed by atoms with Crippen LogP contribution >= 0.6 is 0 Å². The molecule has 0 spiro atoms. The van der Waals surface area contributed by atoms with Crippen LogP contribution in [0, 0.1) is 0 Å². The van der Waals surface area contributed by atoms with E-state index in [0.29, 0.717) is 12.8 Å². The van der Waals surface area contributed by atoms with Crippen molar-refractivity contribution in [3.8, 4) is 0 Å². The molecule has 6 heteroatoms. The quantitative estimate of drug-likeness (QED) is 0.504. The second-order valence-corrected chi connectivity index (χ2v) is 3.87. The van der Waals surface area contributed by atoms with Crippen LogP contribution in [0.2, 0.25) is 0 Å². The lowest BCUT2D eigenvalue weighted by molar-refractivity contribution is 0.0202. The SMILES string of the molecule is O=C(O)OC1/C=C/C(O)CC2OCOC2C1. The third-order valence-electron chi connectivity index (χ3n) is 2.72. The molecule has 1 aliphatic heterocycles. The van der Waals surface area contributed by atoms with E-state index in [1.807, 2.05) is 0 Å². The van der Waals surface area contributed by atoms with E-state index in [1.165, 1.54) is 6.08 Å². The predicted molar refractivity (Wildman–Crippen MR) is 51.9 cm³/mol. The van der Waals surface area contributed by atoms with Gasteiger partial charge in [0.05, 0.1) is 18.3 Å². The average Bonchev–Trinajstić information content (AvgIpc) is 2.58. The molecule has 2 rings (SSSR count). The normalized spacial score (nSPS) is 40.6. The molecule has 90 valence electrons. The summed E-state index contributed by atoms with van der Waals surface area (Å²) in [5, 5.41) is 18.1. The maximum atomic E-state index is 10.4. The van der Waals surface area contributed by atoms with E-state index in [9.17, 15) is 9.90 Å². The van der Waals surface area contributed by atoms with E-state index in [-0.39, 0.29) is 19.0 Å². The maximum Gasteiger partial charge on any atom is 0.506 e. The van der Waals surface area contributed by atoms with Gasteiger partial charge in [0.25, 0.3) is 0 Å². The summed E-state index contributed by atoms with van der Waals surface area (Å²) in [5.74, 6) is 0. The van der Waals surface area contributed by atoms with Crippen LogP contribution in [0.5, 0.6) is 0 Å². The van der Waals surface area contributed by atoms with Crippen molar-refractivity contribution in [2.75, 3.05) is 6.79 Å². The lowest BCUT2D eigenvalue weighted by Crippen LogP contribution is -2.33. The fraction of sp³-hybridized carbons (Fsp3) is 0.700. The summed E-state index contributed by atoms with van der Waals surface area (Å²) in [7, 11) is 0. The zero-order valence-corrected chi connectivity index (χ0v) is 8.61. The average molecular weight is 230 g/mol. The standard InChI is InChI=1S/C10H14O6/c11-6-1-2-7(16-10(12)13)4-9-8(3-6)14-5-15-9/h1-2,6-9,11H,3-5H2,(H,12,13)/b2-1+. The minimum atomic E-state index is -1.33. The van der Waals surface area contributed by atoms with Crippen molar-refractivity contribution in [3.63, 3.8) is 0 Å². The number of carbonyl (C=O) groups is 1. The molecule has 4 atom stereocenters. The number of aliphatic hydroxyl groups is 1. The summed E-state index contributed by atoms with van der Waals surface area (Å²) in [6.07, 6.45) is 0.962. The predicted octanol–water partition coefficient (Wildman–Crippen LogP) is 0.502. The van der Waals surface area contributed by atoms with Crippen molar-refractivity contribution in [3.05, 3.63) is 12.2 Å². The molecule has 1 aliphatic carbocycles. The van der Waals surface area contributed by atoms with Crippen molar-refractivity contribution >= 4 is 6.16 Å². The zero-order chi connectivity index (χ0) is 11.5. The highest BCUT2D eigenvalue weighted by Crippen LogP contribution is 2.25. The van der Waals surface area contributed by atoms with Crippen LogP contribution in [-0.4, -0.2) is 47.6 Å². The largest absolute Gasteiger partial charge is 0.506 e. The molecule has 2 N–H and O–H groups in total. The molecule has 0 amide bonds. The van der Waals surface area contributed by atoms with E-state index in [2.05, 4.69) is 4.74 Å². The van der Waals surface area contributed by atoms with Crippen LogP contribution in [0.3, 0.4) is 0 Å². The van der Waals surface area contributed by atoms with Gasteiger partial charge in [-0.15, -0.1) is 0 Å². The van der Waals surface area contributed by atoms with Gasteiger partial charge < -0.3 is 24.4 Å². The molecule has 2 aliphatic rings. The molecule has 0 saturated carbocycles. The maximum absolute atomic E-state index is 10.4. The van der Waals surface area contributed by atoms with Gasteiger partial charge in [0.15, 0.2) is 0 Å². The van der Waals surface area contributed by atoms with Crippen LogP contribution in [0.4, 0.5) is 4.79 Å². The minimum absolute atomic E-state index is 0.182. The summed E-state index contributed by atoms with van der Waals surface area (Å²) in [6, 6.07) is 0. The van der Waals surface area contributed by atoms with Crippen LogP contribution in [0.25, 0.3) is 0 Å². The van der Waals surface area contributed by atoms with Crippen LogP contribution in [0.15, 0.2) is 12.2 Å². The Kier molecular flexibility index (Phi) is 3.42. The van der Waals surface area contributed by atoms with Crippen LogP contribution in [-0.2, 0) is 14.2 Å². The molecule has 1 saturated heterocycles. The zero-order valence-electron chi connectivity index (χ0n) is 8.61. The van der Waals surface area contributed by atoms with Gasteiger partial charge in [-0.1, -0.05) is 6.08 Å². The summed E-state index contributed by atoms with van der Waals surface area (Å²) >= 11 is 0. The fourth-order valence-corrected chi connectivity index (χ4v) is 1.96. The molecular weight excluding hydrogens is 216 g/mol. The first-order chi connectivity index (χ1) is 7.65. The number of carboxylic acid groups (broad SMARTS) is 1. The molecule has 0 radical (unpaired) electrons. The van der Waals surface area contributed by atoms with Crippen molar-refractivity contribution in [2.45, 2.75) is 37.3 Å². The molecular formula is C10H14O6. The Morgan fingerprint density at radius 2 is 1.94 bits per heavy atom. The number of rotatable bonds is 1. The van der Waals surface area contributed by atoms with Crippen molar-refractivity contribution in [1.82, 2.24) is 0 Å². The van der Waals surface area contributed by atoms with E-state index in [1.54, 1.807) is 6.08 Å². The first kappa shape index (κ1) is 11.4. The van der Waals surface area contributed by atoms with E-state index in [0.717, 1.165) is 0 Å². The summed E-state index contributed by atoms with van der Waals surface area (Å²) < 4.78 is 15.3. The molecule has 0 aromatic rings. The van der Waals surface area contributed by atoms with Gasteiger partial charge in [-0.05, 0) is 6.08 Å². The first-order valence-corrected chi connectivity index (χ1v) is 5.14. The van der Waals surface area contributed by atoms with E-state index in [4.69, 9.17) is 14.6 Å². The van der Waals surface area contributed by atoms with E-state index < -0.39 is 18.4 Å². The van der Waals surface area contributed by atoms with Crippen LogP contribution in [0.1, 0.15) is 12.8 Å². The van der Waals surface area contributed by atoms with Crippen molar-refractivity contribution in [1.29, 1.82) is 0 Å². The van der Waals surface area contributed by atoms with Crippen LogP contribution < -0.4 is 0 Å². The Bertz CT molecular complexity index is 289. The number of fused-ring (bicyclic) bond motifs is 1. The van der Waals surface area contributed by atoms with Gasteiger partial charge in [-0.2, -0.15) is 0 Å². The molecule has 0 bridgehead atoms. The Morgan fingerprint density at radius 1 is 1.25 bits per heavy atom. The van der Waals surface area contributed by atoms with E-state index >= 15 is 0 Å². The topological polar surface area (TPSA) is 85.2 Å². The fourth-order valence-electron chi connectivity index (χ4n) is 1.96. The summed E-state index contributed by atoms with van der Waals surface area (Å²) in [5.41, 5.74) is 0. The Labute approximate surface area is 92.4 Å². The van der Waals surface area contributed by atoms with Gasteiger partial charge in [-0.3, -0.25) is 0 Å². The summed E-state index contributed by atoms with van der Waals surface area (Å²) in [4.78, 5) is 10.4. The third-order valence-corrected chi connectivity index (χ3v) is 2.72. The molecule has 0 aromatic carbocycles. The monoisotopic (exact) mass is 230 g/mol. The number of hydrogen-bond acceptors (Lipinski definition) is 5. The third kappa shape index (κ3) is 2.72. The lowest BCUT2D eigenvalue weighted by atomic mass is 9.97. The number of ether oxygens (including phenoxy) is 3. The van der Waals surface area contributed by atoms with Gasteiger partial charge in [0.2, 0.25) is 0 Å². The molecule has 1 heterocycles. The van der Waals surface area contributed by atoms with Crippen molar-refractivity contribution in [2.24, 2.45) is 0 Å². The Balaban J connectivity index is 2.05. The first-order valence-electron chi connectivity index (χ1n) is 5.14. The van der Waals surface area contributed by atoms with Gasteiger partial charge >= 0.3 is 6.16 Å². The molecule has 1 fully saturated rings. The summed E-state index contributed by atoms with van der Waals surface area (Å²) in [6.45, 7) is 0.182. The smallest absolute Gasteiger partial charge is 0.450 e. The Hall–Kier alpha value is -1.11. The van der Waals surface area contributed by atoms with Gasteiger partial charge in [-0.25, -0.2) is 4.79 Å². The second-order valence-electron chi connectivity index (χ2n) is 3.87. The molecule has 0 aromatic heterocycles. The number of hydrogen-bond donors (Lipinski definition) is 2. The Morgan fingerprint density at radius 3 is 2.62 bits per heavy atom. The molecule has 16 heavy (non-hydrogen) atoms. The second kappa shape index (κ2) is 4.82. The van der Waals surface area contributed by atoms with Gasteiger partial charge in [0, 0.05) is 12.8 Å². The molecule has 6 nitrogen and oxygen atoms in total. The highest BCUT2D eigenvalue weighted by atomic mass is 16.7.